The molecule has 0 saturated heterocycles. The lowest BCUT2D eigenvalue weighted by molar-refractivity contribution is -0.160. The van der Waals surface area contributed by atoms with Gasteiger partial charge in [0.1, 0.15) is 14.5 Å². The Morgan fingerprint density at radius 2 is 1.54 bits per heavy atom. The third-order valence-corrected chi connectivity index (χ3v) is 19.0. The van der Waals surface area contributed by atoms with Crippen molar-refractivity contribution in [3.63, 3.8) is 0 Å². The SMILES string of the molecule is CCN[C@H]1C[C@H](C)S(=O)(=O)c2sc(S(=O)(=O)NC(=O)[C@H](C)OC(=O)[C@H](C)O[Si](c3ccccc3)(c3ccccc3)C(C)(C)C)cc21. The van der Waals surface area contributed by atoms with E-state index in [-0.39, 0.29) is 14.5 Å². The van der Waals surface area contributed by atoms with Crippen LogP contribution in [0.1, 0.15) is 66.5 Å². The van der Waals surface area contributed by atoms with Gasteiger partial charge in [-0.15, -0.1) is 11.3 Å². The van der Waals surface area contributed by atoms with Gasteiger partial charge in [-0.2, -0.15) is 0 Å². The van der Waals surface area contributed by atoms with Gasteiger partial charge in [-0.3, -0.25) is 4.79 Å². The van der Waals surface area contributed by atoms with Crippen molar-refractivity contribution < 1.29 is 35.6 Å². The summed E-state index contributed by atoms with van der Waals surface area (Å²) in [5, 5.41) is 4.00. The number of nitrogens with one attached hydrogen (secondary N) is 2. The molecule has 10 nitrogen and oxygen atoms in total. The monoisotopic (exact) mass is 706 g/mol. The van der Waals surface area contributed by atoms with E-state index < -0.39 is 62.6 Å². The molecule has 0 fully saturated rings. The van der Waals surface area contributed by atoms with E-state index in [1.807, 2.05) is 72.3 Å². The Balaban J connectivity index is 1.54. The van der Waals surface area contributed by atoms with E-state index in [1.54, 1.807) is 13.8 Å². The van der Waals surface area contributed by atoms with Crippen LogP contribution in [0.3, 0.4) is 0 Å². The van der Waals surface area contributed by atoms with Crippen LogP contribution >= 0.6 is 11.3 Å². The van der Waals surface area contributed by atoms with Gasteiger partial charge in [0.25, 0.3) is 24.2 Å². The number of benzene rings is 2. The first-order valence-corrected chi connectivity index (χ1v) is 20.9. The first kappa shape index (κ1) is 36.0. The van der Waals surface area contributed by atoms with Gasteiger partial charge in [-0.1, -0.05) is 88.4 Å². The van der Waals surface area contributed by atoms with E-state index in [0.29, 0.717) is 29.9 Å². The maximum Gasteiger partial charge on any atom is 0.334 e. The molecule has 1 amide bonds. The molecule has 0 aliphatic carbocycles. The summed E-state index contributed by atoms with van der Waals surface area (Å²) < 4.78 is 66.3. The second-order valence-electron chi connectivity index (χ2n) is 12.5. The van der Waals surface area contributed by atoms with Gasteiger partial charge in [-0.05, 0) is 55.2 Å². The number of carbonyl (C=O) groups is 2. The summed E-state index contributed by atoms with van der Waals surface area (Å²) in [7, 11) is -11.3. The predicted octanol–water partition coefficient (Wildman–Crippen LogP) is 3.67. The molecule has 1 aromatic heterocycles. The van der Waals surface area contributed by atoms with Gasteiger partial charge in [0.15, 0.2) is 15.9 Å². The lowest BCUT2D eigenvalue weighted by atomic mass is 10.1. The normalized spacial score (nSPS) is 19.5. The molecule has 2 heterocycles. The summed E-state index contributed by atoms with van der Waals surface area (Å²) in [6.07, 6.45) is -2.29. The Labute approximate surface area is 277 Å². The number of rotatable bonds is 11. The van der Waals surface area contributed by atoms with Crippen LogP contribution in [0.2, 0.25) is 5.04 Å². The lowest BCUT2D eigenvalue weighted by Crippen LogP contribution is -2.68. The van der Waals surface area contributed by atoms with Gasteiger partial charge in [0, 0.05) is 11.6 Å². The first-order valence-electron chi connectivity index (χ1n) is 15.1. The van der Waals surface area contributed by atoms with Gasteiger partial charge < -0.3 is 14.5 Å². The van der Waals surface area contributed by atoms with Crippen molar-refractivity contribution in [1.29, 1.82) is 0 Å². The molecule has 1 aliphatic heterocycles. The fraction of sp³-hybridized carbons (Fsp3) is 0.438. The molecule has 0 unspecified atom stereocenters. The molecule has 14 heteroatoms. The van der Waals surface area contributed by atoms with Crippen LogP contribution < -0.4 is 20.4 Å². The van der Waals surface area contributed by atoms with Crippen molar-refractivity contribution in [1.82, 2.24) is 10.0 Å². The predicted molar refractivity (Wildman–Crippen MR) is 181 cm³/mol. The molecule has 0 spiro atoms. The average molecular weight is 707 g/mol. The summed E-state index contributed by atoms with van der Waals surface area (Å²) in [5.41, 5.74) is 0.367. The number of sulfonamides is 1. The smallest absolute Gasteiger partial charge is 0.334 e. The van der Waals surface area contributed by atoms with Crippen molar-refractivity contribution in [2.75, 3.05) is 6.54 Å². The molecule has 0 bridgehead atoms. The number of fused-ring (bicyclic) bond motifs is 1. The Morgan fingerprint density at radius 1 is 1.00 bits per heavy atom. The zero-order chi connectivity index (χ0) is 34.1. The number of esters is 1. The Hall–Kier alpha value is -2.88. The van der Waals surface area contributed by atoms with Gasteiger partial charge in [-0.25, -0.2) is 26.4 Å². The maximum atomic E-state index is 13.4. The minimum atomic E-state index is -4.47. The zero-order valence-corrected chi connectivity index (χ0v) is 30.5. The molecule has 4 atom stereocenters. The molecule has 2 aromatic carbocycles. The maximum absolute atomic E-state index is 13.4. The highest BCUT2D eigenvalue weighted by molar-refractivity contribution is 7.95. The summed E-state index contributed by atoms with van der Waals surface area (Å²) in [4.78, 5) is 26.4. The average Bonchev–Trinajstić information content (AvgIpc) is 3.47. The van der Waals surface area contributed by atoms with Crippen LogP contribution in [0.25, 0.3) is 0 Å². The van der Waals surface area contributed by atoms with E-state index >= 15 is 0 Å². The molecule has 250 valence electrons. The van der Waals surface area contributed by atoms with E-state index in [2.05, 4.69) is 26.1 Å². The number of ether oxygens (including phenoxy) is 1. The molecule has 0 saturated carbocycles. The summed E-state index contributed by atoms with van der Waals surface area (Å²) >= 11 is 0.606. The van der Waals surface area contributed by atoms with Crippen LogP contribution in [0.5, 0.6) is 0 Å². The van der Waals surface area contributed by atoms with E-state index in [0.717, 1.165) is 10.4 Å². The van der Waals surface area contributed by atoms with Crippen LogP contribution in [0.4, 0.5) is 0 Å². The van der Waals surface area contributed by atoms with E-state index in [9.17, 15) is 26.4 Å². The molecule has 4 rings (SSSR count). The van der Waals surface area contributed by atoms with Crippen molar-refractivity contribution in [3.05, 3.63) is 72.3 Å². The lowest BCUT2D eigenvalue weighted by Gasteiger charge is -2.44. The van der Waals surface area contributed by atoms with E-state index in [1.165, 1.54) is 13.0 Å². The fourth-order valence-corrected chi connectivity index (χ4v) is 15.4. The minimum absolute atomic E-state index is 0.0289. The number of carbonyl (C=O) groups excluding carboxylic acids is 2. The highest BCUT2D eigenvalue weighted by atomic mass is 32.3. The van der Waals surface area contributed by atoms with Crippen LogP contribution in [-0.4, -0.2) is 61.0 Å². The second kappa shape index (κ2) is 13.7. The van der Waals surface area contributed by atoms with Crippen molar-refractivity contribution in [2.24, 2.45) is 0 Å². The standard InChI is InChI=1S/C32H42N2O8S3Si/c1-8-33-27-19-21(2)44(37,38)31-26(27)20-28(43-31)45(39,40)34-29(35)22(3)41-30(36)23(4)42-46(32(5,6)7,24-15-11-9-12-16-24)25-17-13-10-14-18-25/h9-18,20-23,27,33H,8,19H2,1-7H3,(H,34,35)/t21-,22-,23-,27-/m0/s1. The molecule has 1 aliphatic rings. The van der Waals surface area contributed by atoms with Crippen LogP contribution in [0.15, 0.2) is 75.1 Å². The number of hydrogen-bond donors (Lipinski definition) is 2. The molecule has 3 aromatic rings. The van der Waals surface area contributed by atoms with Gasteiger partial charge in [0.2, 0.25) is 0 Å². The second-order valence-corrected chi connectivity index (χ2v) is 22.3. The molecule has 0 radical (unpaired) electrons. The topological polar surface area (TPSA) is 145 Å². The number of amides is 1. The van der Waals surface area contributed by atoms with Gasteiger partial charge in [0.05, 0.1) is 5.25 Å². The van der Waals surface area contributed by atoms with Crippen molar-refractivity contribution >= 4 is 61.8 Å². The number of hydrogen-bond acceptors (Lipinski definition) is 10. The van der Waals surface area contributed by atoms with Crippen LogP contribution in [-0.2, 0) is 38.6 Å². The fourth-order valence-electron chi connectivity index (χ4n) is 5.77. The quantitative estimate of drug-likeness (QED) is 0.226. The van der Waals surface area contributed by atoms with Gasteiger partial charge >= 0.3 is 5.97 Å². The number of thiophene rings is 1. The third kappa shape index (κ3) is 7.02. The highest BCUT2D eigenvalue weighted by Gasteiger charge is 2.52. The highest BCUT2D eigenvalue weighted by Crippen LogP contribution is 2.43. The zero-order valence-electron chi connectivity index (χ0n) is 27.1. The van der Waals surface area contributed by atoms with Crippen LogP contribution in [0, 0.1) is 0 Å². The molecular weight excluding hydrogens is 665 g/mol. The van der Waals surface area contributed by atoms with E-state index in [4.69, 9.17) is 9.16 Å². The van der Waals surface area contributed by atoms with Crippen molar-refractivity contribution in [3.8, 4) is 0 Å². The Bertz CT molecular complexity index is 1730. The molecular formula is C32H42N2O8S3Si. The third-order valence-electron chi connectivity index (χ3n) is 8.15. The summed E-state index contributed by atoms with van der Waals surface area (Å²) in [6, 6.07) is 20.4. The molecule has 46 heavy (non-hydrogen) atoms. The van der Waals surface area contributed by atoms with Crippen molar-refractivity contribution in [2.45, 2.75) is 91.8 Å². The summed E-state index contributed by atoms with van der Waals surface area (Å²) in [5.74, 6) is -1.90. The molecule has 2 N–H and O–H groups in total. The Morgan fingerprint density at radius 3 is 2.04 bits per heavy atom. The first-order chi connectivity index (χ1) is 21.5. The largest absolute Gasteiger partial charge is 0.451 e. The summed E-state index contributed by atoms with van der Waals surface area (Å²) in [6.45, 7) is 13.0. The minimum Gasteiger partial charge on any atom is -0.451 e. The Kier molecular flexibility index (Phi) is 10.7. The number of sulfone groups is 1.